The number of nitrogens with one attached hydrogen (secondary N) is 1. The highest BCUT2D eigenvalue weighted by molar-refractivity contribution is 5.94. The van der Waals surface area contributed by atoms with Gasteiger partial charge in [0, 0.05) is 19.8 Å². The van der Waals surface area contributed by atoms with Gasteiger partial charge < -0.3 is 10.0 Å². The summed E-state index contributed by atoms with van der Waals surface area (Å²) < 4.78 is 0. The molecule has 1 aromatic carbocycles. The standard InChI is InChI=1S/C11H12N6O2/c1-17(2)7-3-4-9(8(5-7)10(18)19)14-16-11-12-6-13-15-11/h3-6H,1-2H3,(H,18,19)(H,12,13,15). The largest absolute Gasteiger partial charge is 0.478 e. The van der Waals surface area contributed by atoms with Crippen LogP contribution in [0.5, 0.6) is 0 Å². The molecule has 0 saturated carbocycles. The van der Waals surface area contributed by atoms with Crippen molar-refractivity contribution in [1.82, 2.24) is 15.2 Å². The molecule has 0 aliphatic carbocycles. The number of hydrogen-bond acceptors (Lipinski definition) is 6. The second-order valence-electron chi connectivity index (χ2n) is 3.91. The molecule has 1 aromatic heterocycles. The van der Waals surface area contributed by atoms with Crippen LogP contribution in [0.25, 0.3) is 0 Å². The number of rotatable bonds is 4. The van der Waals surface area contributed by atoms with Gasteiger partial charge in [-0.2, -0.15) is 10.1 Å². The molecule has 0 spiro atoms. The lowest BCUT2D eigenvalue weighted by Gasteiger charge is -2.13. The third-order valence-corrected chi connectivity index (χ3v) is 2.38. The summed E-state index contributed by atoms with van der Waals surface area (Å²) in [7, 11) is 3.66. The minimum absolute atomic E-state index is 0.0782. The zero-order valence-corrected chi connectivity index (χ0v) is 10.4. The van der Waals surface area contributed by atoms with Gasteiger partial charge in [0.2, 0.25) is 0 Å². The summed E-state index contributed by atoms with van der Waals surface area (Å²) in [6.07, 6.45) is 1.29. The maximum Gasteiger partial charge on any atom is 0.338 e. The van der Waals surface area contributed by atoms with E-state index in [4.69, 9.17) is 0 Å². The van der Waals surface area contributed by atoms with E-state index in [2.05, 4.69) is 25.4 Å². The topological polar surface area (TPSA) is 107 Å². The van der Waals surface area contributed by atoms with Crippen molar-refractivity contribution in [3.63, 3.8) is 0 Å². The number of carboxylic acid groups (broad SMARTS) is 1. The van der Waals surface area contributed by atoms with E-state index in [0.29, 0.717) is 0 Å². The summed E-state index contributed by atoms with van der Waals surface area (Å²) >= 11 is 0. The molecule has 0 radical (unpaired) electrons. The van der Waals surface area contributed by atoms with E-state index >= 15 is 0 Å². The average molecular weight is 260 g/mol. The Hall–Kier alpha value is -2.77. The molecule has 0 aliphatic rings. The van der Waals surface area contributed by atoms with Crippen LogP contribution >= 0.6 is 0 Å². The van der Waals surface area contributed by atoms with Gasteiger partial charge >= 0.3 is 5.97 Å². The highest BCUT2D eigenvalue weighted by Crippen LogP contribution is 2.25. The second-order valence-corrected chi connectivity index (χ2v) is 3.91. The Kier molecular flexibility index (Phi) is 3.51. The first kappa shape index (κ1) is 12.7. The predicted molar refractivity (Wildman–Crippen MR) is 68.3 cm³/mol. The third kappa shape index (κ3) is 2.92. The van der Waals surface area contributed by atoms with E-state index in [9.17, 15) is 9.90 Å². The van der Waals surface area contributed by atoms with E-state index < -0.39 is 5.97 Å². The predicted octanol–water partition coefficient (Wildman–Crippen LogP) is 1.98. The highest BCUT2D eigenvalue weighted by atomic mass is 16.4. The molecule has 8 nitrogen and oxygen atoms in total. The Morgan fingerprint density at radius 2 is 2.16 bits per heavy atom. The SMILES string of the molecule is CN(C)c1ccc(N=Nc2ncn[nH]2)c(C(=O)O)c1. The summed E-state index contributed by atoms with van der Waals surface area (Å²) in [5, 5.41) is 22.9. The van der Waals surface area contributed by atoms with Gasteiger partial charge in [0.05, 0.1) is 5.56 Å². The number of aromatic amines is 1. The van der Waals surface area contributed by atoms with Crippen LogP contribution in [0.3, 0.4) is 0 Å². The van der Waals surface area contributed by atoms with Gasteiger partial charge in [-0.25, -0.2) is 9.89 Å². The number of anilines is 1. The summed E-state index contributed by atoms with van der Waals surface area (Å²) in [6.45, 7) is 0. The van der Waals surface area contributed by atoms with Crippen LogP contribution in [0.4, 0.5) is 17.3 Å². The molecule has 0 bridgehead atoms. The molecule has 98 valence electrons. The van der Waals surface area contributed by atoms with Gasteiger partial charge in [0.1, 0.15) is 12.0 Å². The van der Waals surface area contributed by atoms with Crippen molar-refractivity contribution in [1.29, 1.82) is 0 Å². The van der Waals surface area contributed by atoms with Crippen LogP contribution in [0.1, 0.15) is 10.4 Å². The van der Waals surface area contributed by atoms with E-state index in [-0.39, 0.29) is 17.2 Å². The van der Waals surface area contributed by atoms with Gasteiger partial charge in [-0.1, -0.05) is 0 Å². The maximum atomic E-state index is 11.2. The highest BCUT2D eigenvalue weighted by Gasteiger charge is 2.11. The first-order valence-corrected chi connectivity index (χ1v) is 5.39. The number of carbonyl (C=O) groups is 1. The number of carboxylic acids is 1. The molecule has 0 amide bonds. The van der Waals surface area contributed by atoms with Crippen molar-refractivity contribution in [3.05, 3.63) is 30.1 Å². The number of H-pyrrole nitrogens is 1. The summed E-state index contributed by atoms with van der Waals surface area (Å²) in [5.74, 6) is -0.844. The Bertz CT molecular complexity index is 606. The Labute approximate surface area is 108 Å². The van der Waals surface area contributed by atoms with E-state index in [1.54, 1.807) is 12.1 Å². The fourth-order valence-electron chi connectivity index (χ4n) is 1.41. The van der Waals surface area contributed by atoms with Gasteiger partial charge in [0.25, 0.3) is 5.95 Å². The van der Waals surface area contributed by atoms with Crippen molar-refractivity contribution in [3.8, 4) is 0 Å². The molecule has 19 heavy (non-hydrogen) atoms. The molecule has 0 fully saturated rings. The quantitative estimate of drug-likeness (QED) is 0.817. The van der Waals surface area contributed by atoms with Gasteiger partial charge in [-0.05, 0) is 18.2 Å². The van der Waals surface area contributed by atoms with Crippen molar-refractivity contribution in [2.45, 2.75) is 0 Å². The zero-order valence-electron chi connectivity index (χ0n) is 10.4. The summed E-state index contributed by atoms with van der Waals surface area (Å²) in [4.78, 5) is 16.8. The zero-order chi connectivity index (χ0) is 13.8. The van der Waals surface area contributed by atoms with Crippen LogP contribution in [0.2, 0.25) is 0 Å². The maximum absolute atomic E-state index is 11.2. The molecule has 2 rings (SSSR count). The number of aromatic carboxylic acids is 1. The first-order valence-electron chi connectivity index (χ1n) is 5.39. The molecule has 1 heterocycles. The second kappa shape index (κ2) is 5.25. The minimum atomic E-state index is -1.06. The lowest BCUT2D eigenvalue weighted by Crippen LogP contribution is -2.09. The fourth-order valence-corrected chi connectivity index (χ4v) is 1.41. The van der Waals surface area contributed by atoms with Crippen LogP contribution < -0.4 is 4.90 Å². The molecule has 0 unspecified atom stereocenters. The lowest BCUT2D eigenvalue weighted by molar-refractivity contribution is 0.0698. The number of aromatic nitrogens is 3. The smallest absolute Gasteiger partial charge is 0.338 e. The van der Waals surface area contributed by atoms with Crippen molar-refractivity contribution < 1.29 is 9.90 Å². The number of nitrogens with zero attached hydrogens (tertiary/aromatic N) is 5. The molecular weight excluding hydrogens is 248 g/mol. The van der Waals surface area contributed by atoms with E-state index in [1.807, 2.05) is 19.0 Å². The molecule has 0 aliphatic heterocycles. The molecule has 2 aromatic rings. The number of hydrogen-bond donors (Lipinski definition) is 2. The Balaban J connectivity index is 2.37. The monoisotopic (exact) mass is 260 g/mol. The van der Waals surface area contributed by atoms with Crippen molar-refractivity contribution in [2.75, 3.05) is 19.0 Å². The van der Waals surface area contributed by atoms with Crippen LogP contribution in [-0.4, -0.2) is 40.4 Å². The Morgan fingerprint density at radius 1 is 1.37 bits per heavy atom. The van der Waals surface area contributed by atoms with Gasteiger partial charge in [-0.15, -0.1) is 10.2 Å². The van der Waals surface area contributed by atoms with Crippen molar-refractivity contribution >= 4 is 23.3 Å². The molecule has 8 heteroatoms. The molecule has 2 N–H and O–H groups in total. The molecule has 0 atom stereocenters. The number of azo groups is 1. The van der Waals surface area contributed by atoms with E-state index in [1.165, 1.54) is 12.4 Å². The summed E-state index contributed by atoms with van der Waals surface area (Å²) in [6, 6.07) is 4.90. The van der Waals surface area contributed by atoms with Crippen LogP contribution in [-0.2, 0) is 0 Å². The van der Waals surface area contributed by atoms with Gasteiger partial charge in [0.15, 0.2) is 0 Å². The van der Waals surface area contributed by atoms with Crippen LogP contribution in [0, 0.1) is 0 Å². The van der Waals surface area contributed by atoms with Gasteiger partial charge in [-0.3, -0.25) is 0 Å². The molecule has 0 saturated heterocycles. The first-order chi connectivity index (χ1) is 9.08. The lowest BCUT2D eigenvalue weighted by atomic mass is 10.1. The van der Waals surface area contributed by atoms with Crippen molar-refractivity contribution in [2.24, 2.45) is 10.2 Å². The third-order valence-electron chi connectivity index (χ3n) is 2.38. The normalized spacial score (nSPS) is 10.8. The number of benzene rings is 1. The van der Waals surface area contributed by atoms with E-state index in [0.717, 1.165) is 5.69 Å². The fraction of sp³-hybridized carbons (Fsp3) is 0.182. The van der Waals surface area contributed by atoms with Crippen LogP contribution in [0.15, 0.2) is 34.8 Å². The average Bonchev–Trinajstić information content (AvgIpc) is 2.89. The molecular formula is C11H12N6O2. The Morgan fingerprint density at radius 3 is 2.74 bits per heavy atom. The summed E-state index contributed by atoms with van der Waals surface area (Å²) in [5.41, 5.74) is 1.11. The minimum Gasteiger partial charge on any atom is -0.478 e.